The summed E-state index contributed by atoms with van der Waals surface area (Å²) in [5.41, 5.74) is 0. The molecule has 1 amide bonds. The van der Waals surface area contributed by atoms with Crippen LogP contribution in [0.25, 0.3) is 0 Å². The minimum absolute atomic E-state index is 0.163. The zero-order valence-corrected chi connectivity index (χ0v) is 10.6. The van der Waals surface area contributed by atoms with Crippen molar-refractivity contribution in [2.24, 2.45) is 5.92 Å². The summed E-state index contributed by atoms with van der Waals surface area (Å²) in [5, 5.41) is 6.23. The summed E-state index contributed by atoms with van der Waals surface area (Å²) in [7, 11) is 0. The molecule has 0 aliphatic heterocycles. The molecule has 0 aromatic heterocycles. The van der Waals surface area contributed by atoms with Crippen LogP contribution in [0, 0.1) is 5.92 Å². The zero-order chi connectivity index (χ0) is 11.6. The fourth-order valence-corrected chi connectivity index (χ4v) is 2.36. The van der Waals surface area contributed by atoms with Gasteiger partial charge in [-0.15, -0.1) is 0 Å². The van der Waals surface area contributed by atoms with E-state index in [9.17, 15) is 4.79 Å². The first-order valence-electron chi connectivity index (χ1n) is 6.80. The van der Waals surface area contributed by atoms with Gasteiger partial charge < -0.3 is 10.6 Å². The van der Waals surface area contributed by atoms with Gasteiger partial charge in [-0.05, 0) is 32.2 Å². The quantitative estimate of drug-likeness (QED) is 0.538. The smallest absolute Gasteiger partial charge is 0.221 e. The molecule has 0 saturated heterocycles. The summed E-state index contributed by atoms with van der Waals surface area (Å²) < 4.78 is 0. The molecule has 1 fully saturated rings. The Balaban J connectivity index is 1.99. The fraction of sp³-hybridized carbons (Fsp3) is 0.923. The second kappa shape index (κ2) is 8.57. The van der Waals surface area contributed by atoms with Crippen LogP contribution in [-0.4, -0.2) is 25.5 Å². The van der Waals surface area contributed by atoms with Crippen molar-refractivity contribution in [2.45, 2.75) is 51.9 Å². The lowest BCUT2D eigenvalue weighted by molar-refractivity contribution is -0.120. The number of nitrogens with one attached hydrogen (secondary N) is 2. The molecule has 0 heterocycles. The standard InChI is InChI=1S/C13H26N2O/c1-2-15-13(16)9-10-14-11-12-7-5-3-4-6-8-12/h12,14H,2-11H2,1H3,(H,15,16). The van der Waals surface area contributed by atoms with E-state index in [2.05, 4.69) is 10.6 Å². The van der Waals surface area contributed by atoms with E-state index in [0.29, 0.717) is 6.42 Å². The highest BCUT2D eigenvalue weighted by Gasteiger charge is 2.11. The van der Waals surface area contributed by atoms with Crippen LogP contribution in [-0.2, 0) is 4.79 Å². The maximum absolute atomic E-state index is 11.2. The molecule has 0 aromatic carbocycles. The Morgan fingerprint density at radius 1 is 1.19 bits per heavy atom. The van der Waals surface area contributed by atoms with Gasteiger partial charge in [0.1, 0.15) is 0 Å². The monoisotopic (exact) mass is 226 g/mol. The van der Waals surface area contributed by atoms with E-state index in [1.807, 2.05) is 6.92 Å². The lowest BCUT2D eigenvalue weighted by Crippen LogP contribution is -2.29. The summed E-state index contributed by atoms with van der Waals surface area (Å²) in [6, 6.07) is 0. The van der Waals surface area contributed by atoms with Gasteiger partial charge in [-0.25, -0.2) is 0 Å². The number of amides is 1. The topological polar surface area (TPSA) is 41.1 Å². The number of hydrogen-bond donors (Lipinski definition) is 2. The molecule has 1 saturated carbocycles. The first-order chi connectivity index (χ1) is 7.83. The fourth-order valence-electron chi connectivity index (χ4n) is 2.36. The van der Waals surface area contributed by atoms with E-state index in [4.69, 9.17) is 0 Å². The van der Waals surface area contributed by atoms with Crippen molar-refractivity contribution in [3.05, 3.63) is 0 Å². The van der Waals surface area contributed by atoms with Gasteiger partial charge in [0.05, 0.1) is 0 Å². The summed E-state index contributed by atoms with van der Waals surface area (Å²) in [6.45, 7) is 4.61. The highest BCUT2D eigenvalue weighted by Crippen LogP contribution is 2.21. The Labute approximate surface area is 99.4 Å². The number of carbonyl (C=O) groups excluding carboxylic acids is 1. The van der Waals surface area contributed by atoms with Crippen LogP contribution in [0.4, 0.5) is 0 Å². The van der Waals surface area contributed by atoms with Gasteiger partial charge in [-0.2, -0.15) is 0 Å². The molecule has 3 nitrogen and oxygen atoms in total. The summed E-state index contributed by atoms with van der Waals surface area (Å²) in [5.74, 6) is 1.01. The van der Waals surface area contributed by atoms with Gasteiger partial charge >= 0.3 is 0 Å². The molecule has 0 spiro atoms. The molecule has 94 valence electrons. The van der Waals surface area contributed by atoms with Crippen LogP contribution in [0.5, 0.6) is 0 Å². The number of carbonyl (C=O) groups is 1. The van der Waals surface area contributed by atoms with Gasteiger partial charge in [0.15, 0.2) is 0 Å². The second-order valence-electron chi connectivity index (χ2n) is 4.77. The van der Waals surface area contributed by atoms with Crippen LogP contribution in [0.15, 0.2) is 0 Å². The molecular weight excluding hydrogens is 200 g/mol. The van der Waals surface area contributed by atoms with Crippen LogP contribution >= 0.6 is 0 Å². The highest BCUT2D eigenvalue weighted by atomic mass is 16.1. The molecule has 0 atom stereocenters. The largest absolute Gasteiger partial charge is 0.356 e. The number of rotatable bonds is 6. The average Bonchev–Trinajstić information content (AvgIpc) is 2.53. The van der Waals surface area contributed by atoms with E-state index in [-0.39, 0.29) is 5.91 Å². The minimum Gasteiger partial charge on any atom is -0.356 e. The normalized spacial score (nSPS) is 18.1. The van der Waals surface area contributed by atoms with Crippen molar-refractivity contribution in [3.8, 4) is 0 Å². The van der Waals surface area contributed by atoms with Crippen LogP contribution in [0.1, 0.15) is 51.9 Å². The Kier molecular flexibility index (Phi) is 7.23. The Morgan fingerprint density at radius 2 is 1.88 bits per heavy atom. The Bertz CT molecular complexity index is 186. The van der Waals surface area contributed by atoms with Crippen molar-refractivity contribution in [1.29, 1.82) is 0 Å². The second-order valence-corrected chi connectivity index (χ2v) is 4.77. The van der Waals surface area contributed by atoms with Gasteiger partial charge in [0, 0.05) is 19.5 Å². The summed E-state index contributed by atoms with van der Waals surface area (Å²) in [6.07, 6.45) is 8.96. The number of hydrogen-bond acceptors (Lipinski definition) is 2. The van der Waals surface area contributed by atoms with Crippen LogP contribution in [0.3, 0.4) is 0 Å². The first kappa shape index (κ1) is 13.5. The van der Waals surface area contributed by atoms with E-state index in [1.165, 1.54) is 38.5 Å². The van der Waals surface area contributed by atoms with E-state index >= 15 is 0 Å². The van der Waals surface area contributed by atoms with Gasteiger partial charge in [-0.1, -0.05) is 25.7 Å². The molecule has 0 radical (unpaired) electrons. The molecule has 1 aliphatic rings. The average molecular weight is 226 g/mol. The molecular formula is C13H26N2O. The Morgan fingerprint density at radius 3 is 2.50 bits per heavy atom. The minimum atomic E-state index is 0.163. The van der Waals surface area contributed by atoms with Gasteiger partial charge in [0.2, 0.25) is 5.91 Å². The molecule has 0 unspecified atom stereocenters. The molecule has 0 aromatic rings. The molecule has 1 rings (SSSR count). The van der Waals surface area contributed by atoms with Crippen LogP contribution in [0.2, 0.25) is 0 Å². The lowest BCUT2D eigenvalue weighted by Gasteiger charge is -2.14. The first-order valence-corrected chi connectivity index (χ1v) is 6.80. The van der Waals surface area contributed by atoms with Crippen molar-refractivity contribution in [1.82, 2.24) is 10.6 Å². The zero-order valence-electron chi connectivity index (χ0n) is 10.6. The van der Waals surface area contributed by atoms with E-state index < -0.39 is 0 Å². The van der Waals surface area contributed by atoms with E-state index in [0.717, 1.165) is 25.6 Å². The third kappa shape index (κ3) is 6.11. The van der Waals surface area contributed by atoms with Crippen molar-refractivity contribution >= 4 is 5.91 Å². The van der Waals surface area contributed by atoms with Gasteiger partial charge in [-0.3, -0.25) is 4.79 Å². The predicted octanol–water partition coefficient (Wildman–Crippen LogP) is 2.07. The highest BCUT2D eigenvalue weighted by molar-refractivity contribution is 5.75. The van der Waals surface area contributed by atoms with Crippen molar-refractivity contribution < 1.29 is 4.79 Å². The third-order valence-corrected chi connectivity index (χ3v) is 3.31. The molecule has 1 aliphatic carbocycles. The van der Waals surface area contributed by atoms with E-state index in [1.54, 1.807) is 0 Å². The molecule has 2 N–H and O–H groups in total. The molecule has 0 bridgehead atoms. The SMILES string of the molecule is CCNC(=O)CCNCC1CCCCCC1. The summed E-state index contributed by atoms with van der Waals surface area (Å²) in [4.78, 5) is 11.2. The van der Waals surface area contributed by atoms with Gasteiger partial charge in [0.25, 0.3) is 0 Å². The summed E-state index contributed by atoms with van der Waals surface area (Å²) >= 11 is 0. The van der Waals surface area contributed by atoms with Crippen molar-refractivity contribution in [2.75, 3.05) is 19.6 Å². The van der Waals surface area contributed by atoms with Crippen molar-refractivity contribution in [3.63, 3.8) is 0 Å². The molecule has 3 heteroatoms. The van der Waals surface area contributed by atoms with Crippen LogP contribution < -0.4 is 10.6 Å². The maximum Gasteiger partial charge on any atom is 0.221 e. The molecule has 16 heavy (non-hydrogen) atoms. The Hall–Kier alpha value is -0.570. The maximum atomic E-state index is 11.2. The lowest BCUT2D eigenvalue weighted by atomic mass is 10.0. The predicted molar refractivity (Wildman–Crippen MR) is 67.4 cm³/mol. The third-order valence-electron chi connectivity index (χ3n) is 3.31.